The Morgan fingerprint density at radius 3 is 2.46 bits per heavy atom. The highest BCUT2D eigenvalue weighted by Gasteiger charge is 2.18. The highest BCUT2D eigenvalue weighted by atomic mass is 32.1. The summed E-state index contributed by atoms with van der Waals surface area (Å²) in [6, 6.07) is 10.3. The van der Waals surface area contributed by atoms with Crippen LogP contribution in [0.1, 0.15) is 29.1 Å². The average molecular weight is 345 g/mol. The van der Waals surface area contributed by atoms with Crippen LogP contribution in [0.3, 0.4) is 0 Å². The first-order valence-electron chi connectivity index (χ1n) is 7.49. The van der Waals surface area contributed by atoms with E-state index in [0.717, 1.165) is 4.88 Å². The lowest BCUT2D eigenvalue weighted by molar-refractivity contribution is -0.136. The molecule has 126 valence electrons. The van der Waals surface area contributed by atoms with E-state index in [9.17, 15) is 14.4 Å². The van der Waals surface area contributed by atoms with Crippen molar-refractivity contribution in [3.8, 4) is 0 Å². The van der Waals surface area contributed by atoms with Crippen LogP contribution >= 0.6 is 11.3 Å². The third-order valence-electron chi connectivity index (χ3n) is 3.05. The van der Waals surface area contributed by atoms with Crippen LogP contribution in [0.15, 0.2) is 41.8 Å². The van der Waals surface area contributed by atoms with Crippen molar-refractivity contribution in [2.45, 2.75) is 26.4 Å². The smallest absolute Gasteiger partial charge is 0.313 e. The number of carbonyl (C=O) groups excluding carboxylic acids is 3. The summed E-state index contributed by atoms with van der Waals surface area (Å²) >= 11 is 1.49. The van der Waals surface area contributed by atoms with Gasteiger partial charge in [-0.1, -0.05) is 18.2 Å². The number of amides is 3. The van der Waals surface area contributed by atoms with E-state index >= 15 is 0 Å². The number of hydrogen-bond acceptors (Lipinski definition) is 4. The molecule has 0 saturated carbocycles. The number of hydrogen-bond donors (Lipinski definition) is 3. The molecule has 6 nitrogen and oxygen atoms in total. The molecule has 7 heteroatoms. The number of thiophene rings is 1. The van der Waals surface area contributed by atoms with Crippen molar-refractivity contribution in [3.05, 3.63) is 52.2 Å². The van der Waals surface area contributed by atoms with Gasteiger partial charge in [-0.05, 0) is 37.4 Å². The van der Waals surface area contributed by atoms with Crippen molar-refractivity contribution in [1.29, 1.82) is 0 Å². The number of benzene rings is 1. The Hall–Kier alpha value is -2.67. The van der Waals surface area contributed by atoms with E-state index in [0.29, 0.717) is 17.8 Å². The van der Waals surface area contributed by atoms with E-state index in [2.05, 4.69) is 16.0 Å². The number of rotatable bonds is 5. The highest BCUT2D eigenvalue weighted by molar-refractivity contribution is 7.09. The van der Waals surface area contributed by atoms with E-state index in [4.69, 9.17) is 0 Å². The molecule has 24 heavy (non-hydrogen) atoms. The molecule has 0 atom stereocenters. The number of anilines is 1. The summed E-state index contributed by atoms with van der Waals surface area (Å²) < 4.78 is 0. The highest BCUT2D eigenvalue weighted by Crippen LogP contribution is 2.15. The minimum atomic E-state index is -0.809. The van der Waals surface area contributed by atoms with Gasteiger partial charge < -0.3 is 16.0 Å². The zero-order chi connectivity index (χ0) is 17.5. The molecule has 0 saturated heterocycles. The van der Waals surface area contributed by atoms with E-state index < -0.39 is 11.8 Å². The summed E-state index contributed by atoms with van der Waals surface area (Å²) in [5.41, 5.74) is 0.609. The third kappa shape index (κ3) is 4.92. The molecule has 0 radical (unpaired) electrons. The molecule has 0 fully saturated rings. The standard InChI is InChI=1S/C17H19N3O3S/c1-11(2)19-15(21)13-7-3-4-8-14(13)20-17(23)16(22)18-10-12-6-5-9-24-12/h3-9,11H,10H2,1-2H3,(H,18,22)(H,19,21)(H,20,23). The van der Waals surface area contributed by atoms with Crippen LogP contribution in [0, 0.1) is 0 Å². The average Bonchev–Trinajstić information content (AvgIpc) is 3.05. The van der Waals surface area contributed by atoms with E-state index in [1.165, 1.54) is 11.3 Å². The minimum absolute atomic E-state index is 0.0321. The molecular formula is C17H19N3O3S. The Morgan fingerprint density at radius 2 is 1.79 bits per heavy atom. The Balaban J connectivity index is 2.00. The number of carbonyl (C=O) groups is 3. The van der Waals surface area contributed by atoms with Crippen LogP contribution in [-0.2, 0) is 16.1 Å². The minimum Gasteiger partial charge on any atom is -0.350 e. The fourth-order valence-corrected chi connectivity index (χ4v) is 2.61. The number of nitrogens with one attached hydrogen (secondary N) is 3. The van der Waals surface area contributed by atoms with Gasteiger partial charge in [0, 0.05) is 10.9 Å². The molecule has 2 rings (SSSR count). The SMILES string of the molecule is CC(C)NC(=O)c1ccccc1NC(=O)C(=O)NCc1cccs1. The van der Waals surface area contributed by atoms with Crippen molar-refractivity contribution in [2.24, 2.45) is 0 Å². The first kappa shape index (κ1) is 17.7. The lowest BCUT2D eigenvalue weighted by Gasteiger charge is -2.13. The van der Waals surface area contributed by atoms with Gasteiger partial charge >= 0.3 is 11.8 Å². The van der Waals surface area contributed by atoms with Crippen LogP contribution in [0.25, 0.3) is 0 Å². The van der Waals surface area contributed by atoms with Gasteiger partial charge in [0.15, 0.2) is 0 Å². The molecule has 3 amide bonds. The van der Waals surface area contributed by atoms with Gasteiger partial charge in [-0.2, -0.15) is 0 Å². The summed E-state index contributed by atoms with van der Waals surface area (Å²) in [5, 5.41) is 9.68. The topological polar surface area (TPSA) is 87.3 Å². The van der Waals surface area contributed by atoms with Crippen LogP contribution in [-0.4, -0.2) is 23.8 Å². The summed E-state index contributed by atoms with van der Waals surface area (Å²) in [7, 11) is 0. The molecule has 1 aromatic heterocycles. The van der Waals surface area contributed by atoms with Crippen molar-refractivity contribution < 1.29 is 14.4 Å². The molecule has 0 spiro atoms. The van der Waals surface area contributed by atoms with Gasteiger partial charge in [0.2, 0.25) is 0 Å². The molecule has 0 bridgehead atoms. The third-order valence-corrected chi connectivity index (χ3v) is 3.93. The molecule has 2 aromatic rings. The summed E-state index contributed by atoms with van der Waals surface area (Å²) in [4.78, 5) is 37.0. The lowest BCUT2D eigenvalue weighted by atomic mass is 10.1. The van der Waals surface area contributed by atoms with Gasteiger partial charge in [-0.3, -0.25) is 14.4 Å². The molecule has 0 aliphatic rings. The Morgan fingerprint density at radius 1 is 1.04 bits per heavy atom. The Bertz CT molecular complexity index is 726. The second-order valence-electron chi connectivity index (χ2n) is 5.39. The fourth-order valence-electron chi connectivity index (χ4n) is 1.97. The quantitative estimate of drug-likeness (QED) is 0.726. The maximum absolute atomic E-state index is 12.1. The molecule has 0 aliphatic heterocycles. The van der Waals surface area contributed by atoms with Gasteiger partial charge in [-0.25, -0.2) is 0 Å². The van der Waals surface area contributed by atoms with E-state index in [1.807, 2.05) is 31.4 Å². The Labute approximate surface area is 144 Å². The van der Waals surface area contributed by atoms with Crippen LogP contribution in [0.2, 0.25) is 0 Å². The number of para-hydroxylation sites is 1. The van der Waals surface area contributed by atoms with E-state index in [1.54, 1.807) is 24.3 Å². The fraction of sp³-hybridized carbons (Fsp3) is 0.235. The van der Waals surface area contributed by atoms with Gasteiger partial charge in [0.1, 0.15) is 0 Å². The monoisotopic (exact) mass is 345 g/mol. The van der Waals surface area contributed by atoms with Crippen molar-refractivity contribution >= 4 is 34.7 Å². The summed E-state index contributed by atoms with van der Waals surface area (Å²) in [6.45, 7) is 3.98. The van der Waals surface area contributed by atoms with Gasteiger partial charge in [-0.15, -0.1) is 11.3 Å². The summed E-state index contributed by atoms with van der Waals surface area (Å²) in [5.74, 6) is -1.86. The van der Waals surface area contributed by atoms with Crippen molar-refractivity contribution in [1.82, 2.24) is 10.6 Å². The largest absolute Gasteiger partial charge is 0.350 e. The predicted molar refractivity (Wildman–Crippen MR) is 93.8 cm³/mol. The molecule has 0 unspecified atom stereocenters. The second kappa shape index (κ2) is 8.26. The van der Waals surface area contributed by atoms with E-state index in [-0.39, 0.29) is 11.9 Å². The zero-order valence-corrected chi connectivity index (χ0v) is 14.3. The zero-order valence-electron chi connectivity index (χ0n) is 13.5. The molecule has 0 aliphatic carbocycles. The first-order valence-corrected chi connectivity index (χ1v) is 8.37. The van der Waals surface area contributed by atoms with Crippen LogP contribution in [0.5, 0.6) is 0 Å². The Kier molecular flexibility index (Phi) is 6.08. The maximum atomic E-state index is 12.1. The van der Waals surface area contributed by atoms with Crippen LogP contribution in [0.4, 0.5) is 5.69 Å². The summed E-state index contributed by atoms with van der Waals surface area (Å²) in [6.07, 6.45) is 0. The van der Waals surface area contributed by atoms with Gasteiger partial charge in [0.05, 0.1) is 17.8 Å². The van der Waals surface area contributed by atoms with Crippen LogP contribution < -0.4 is 16.0 Å². The van der Waals surface area contributed by atoms with Crippen molar-refractivity contribution in [3.63, 3.8) is 0 Å². The first-order chi connectivity index (χ1) is 11.5. The normalized spacial score (nSPS) is 10.3. The molecule has 1 heterocycles. The van der Waals surface area contributed by atoms with Crippen molar-refractivity contribution in [2.75, 3.05) is 5.32 Å². The molecular weight excluding hydrogens is 326 g/mol. The predicted octanol–water partition coefficient (Wildman–Crippen LogP) is 2.14. The molecule has 1 aromatic carbocycles. The second-order valence-corrected chi connectivity index (χ2v) is 6.42. The van der Waals surface area contributed by atoms with Gasteiger partial charge in [0.25, 0.3) is 5.91 Å². The maximum Gasteiger partial charge on any atom is 0.313 e. The lowest BCUT2D eigenvalue weighted by Crippen LogP contribution is -2.36. The molecule has 3 N–H and O–H groups in total.